The molecule has 2 N–H and O–H groups in total. The van der Waals surface area contributed by atoms with E-state index in [0.29, 0.717) is 0 Å². The second-order valence-electron chi connectivity index (χ2n) is 1.54. The SMILES string of the molecule is NCCCCCI. The third kappa shape index (κ3) is 6.69. The lowest BCUT2D eigenvalue weighted by molar-refractivity contribution is 0.737. The number of alkyl halides is 1. The zero-order valence-electron chi connectivity index (χ0n) is 4.49. The van der Waals surface area contributed by atoms with Crippen LogP contribution in [0.4, 0.5) is 0 Å². The van der Waals surface area contributed by atoms with Crippen LogP contribution < -0.4 is 5.73 Å². The topological polar surface area (TPSA) is 26.0 Å². The average molecular weight is 213 g/mol. The van der Waals surface area contributed by atoms with E-state index >= 15 is 0 Å². The zero-order chi connectivity index (χ0) is 5.54. The van der Waals surface area contributed by atoms with Crippen molar-refractivity contribution < 1.29 is 0 Å². The highest BCUT2D eigenvalue weighted by Crippen LogP contribution is 1.96. The Hall–Kier alpha value is 0.690. The summed E-state index contributed by atoms with van der Waals surface area (Å²) in [5.41, 5.74) is 5.27. The molecular formula is C5H12IN. The minimum atomic E-state index is 0.858. The summed E-state index contributed by atoms with van der Waals surface area (Å²) in [6, 6.07) is 0. The van der Waals surface area contributed by atoms with Gasteiger partial charge in [0.2, 0.25) is 0 Å². The van der Waals surface area contributed by atoms with Crippen LogP contribution in [0.15, 0.2) is 0 Å². The van der Waals surface area contributed by atoms with Crippen LogP contribution in [-0.2, 0) is 0 Å². The first-order valence-electron chi connectivity index (χ1n) is 2.68. The Bertz CT molecular complexity index is 27.3. The molecule has 0 heterocycles. The third-order valence-corrected chi connectivity index (χ3v) is 1.60. The third-order valence-electron chi connectivity index (χ3n) is 0.838. The van der Waals surface area contributed by atoms with Gasteiger partial charge in [-0.1, -0.05) is 29.0 Å². The Morgan fingerprint density at radius 1 is 1.14 bits per heavy atom. The molecule has 0 aliphatic heterocycles. The van der Waals surface area contributed by atoms with E-state index in [9.17, 15) is 0 Å². The van der Waals surface area contributed by atoms with Crippen molar-refractivity contribution in [1.82, 2.24) is 0 Å². The van der Waals surface area contributed by atoms with E-state index in [1.807, 2.05) is 0 Å². The summed E-state index contributed by atoms with van der Waals surface area (Å²) in [5, 5.41) is 0. The van der Waals surface area contributed by atoms with Gasteiger partial charge in [0.15, 0.2) is 0 Å². The van der Waals surface area contributed by atoms with Gasteiger partial charge in [-0.15, -0.1) is 0 Å². The Morgan fingerprint density at radius 3 is 2.29 bits per heavy atom. The van der Waals surface area contributed by atoms with Crippen molar-refractivity contribution in [2.45, 2.75) is 19.3 Å². The first-order chi connectivity index (χ1) is 3.41. The molecule has 0 saturated carbocycles. The molecule has 0 saturated heterocycles. The normalized spacial score (nSPS) is 9.43. The lowest BCUT2D eigenvalue weighted by Gasteiger charge is -1.90. The van der Waals surface area contributed by atoms with Gasteiger partial charge in [0.05, 0.1) is 0 Å². The summed E-state index contributed by atoms with van der Waals surface area (Å²) < 4.78 is 1.28. The lowest BCUT2D eigenvalue weighted by atomic mass is 10.3. The maximum atomic E-state index is 5.27. The van der Waals surface area contributed by atoms with Crippen LogP contribution in [0.1, 0.15) is 19.3 Å². The summed E-state index contributed by atoms with van der Waals surface area (Å²) in [6.45, 7) is 0.858. The van der Waals surface area contributed by atoms with Gasteiger partial charge in [-0.2, -0.15) is 0 Å². The molecule has 2 heteroatoms. The van der Waals surface area contributed by atoms with Crippen LogP contribution in [-0.4, -0.2) is 11.0 Å². The van der Waals surface area contributed by atoms with Gasteiger partial charge in [0, 0.05) is 0 Å². The number of unbranched alkanes of at least 4 members (excludes halogenated alkanes) is 2. The van der Waals surface area contributed by atoms with Crippen molar-refractivity contribution in [2.75, 3.05) is 11.0 Å². The fraction of sp³-hybridized carbons (Fsp3) is 1.00. The standard InChI is InChI=1S/C5H12IN/c6-4-2-1-3-5-7/h1-5,7H2. The number of nitrogens with two attached hydrogens (primary N) is 1. The van der Waals surface area contributed by atoms with Crippen molar-refractivity contribution in [2.24, 2.45) is 5.73 Å². The van der Waals surface area contributed by atoms with Gasteiger partial charge < -0.3 is 5.73 Å². The molecule has 0 bridgehead atoms. The number of halogens is 1. The minimum Gasteiger partial charge on any atom is -0.330 e. The van der Waals surface area contributed by atoms with Gasteiger partial charge in [0.1, 0.15) is 0 Å². The van der Waals surface area contributed by atoms with Crippen LogP contribution in [0.5, 0.6) is 0 Å². The van der Waals surface area contributed by atoms with E-state index in [4.69, 9.17) is 5.73 Å². The molecule has 0 atom stereocenters. The Morgan fingerprint density at radius 2 is 1.86 bits per heavy atom. The predicted molar refractivity (Wildman–Crippen MR) is 41.8 cm³/mol. The van der Waals surface area contributed by atoms with Crippen molar-refractivity contribution in [3.05, 3.63) is 0 Å². The quantitative estimate of drug-likeness (QED) is 0.428. The molecular weight excluding hydrogens is 201 g/mol. The Labute approximate surface area is 58.8 Å². The Kier molecular flexibility index (Phi) is 7.35. The highest BCUT2D eigenvalue weighted by atomic mass is 127. The molecule has 0 unspecified atom stereocenters. The van der Waals surface area contributed by atoms with Gasteiger partial charge in [-0.05, 0) is 23.8 Å². The first-order valence-corrected chi connectivity index (χ1v) is 4.20. The van der Waals surface area contributed by atoms with Crippen LogP contribution >= 0.6 is 22.6 Å². The molecule has 7 heavy (non-hydrogen) atoms. The molecule has 0 spiro atoms. The van der Waals surface area contributed by atoms with Crippen LogP contribution in [0, 0.1) is 0 Å². The van der Waals surface area contributed by atoms with Crippen molar-refractivity contribution in [1.29, 1.82) is 0 Å². The molecule has 0 aromatic carbocycles. The van der Waals surface area contributed by atoms with Gasteiger partial charge in [0.25, 0.3) is 0 Å². The molecule has 0 rings (SSSR count). The predicted octanol–water partition coefficient (Wildman–Crippen LogP) is 1.55. The van der Waals surface area contributed by atoms with E-state index in [1.165, 1.54) is 23.7 Å². The fourth-order valence-electron chi connectivity index (χ4n) is 0.416. The van der Waals surface area contributed by atoms with E-state index in [0.717, 1.165) is 6.54 Å². The highest BCUT2D eigenvalue weighted by molar-refractivity contribution is 14.1. The van der Waals surface area contributed by atoms with Gasteiger partial charge in [-0.25, -0.2) is 0 Å². The van der Waals surface area contributed by atoms with E-state index in [1.54, 1.807) is 0 Å². The number of rotatable bonds is 4. The van der Waals surface area contributed by atoms with Gasteiger partial charge >= 0.3 is 0 Å². The fourth-order valence-corrected chi connectivity index (χ4v) is 0.955. The smallest absolute Gasteiger partial charge is 0.000472 e. The molecule has 44 valence electrons. The van der Waals surface area contributed by atoms with Crippen molar-refractivity contribution in [3.63, 3.8) is 0 Å². The molecule has 0 aromatic rings. The number of hydrogen-bond donors (Lipinski definition) is 1. The summed E-state index contributed by atoms with van der Waals surface area (Å²) in [5.74, 6) is 0. The molecule has 1 nitrogen and oxygen atoms in total. The van der Waals surface area contributed by atoms with Crippen LogP contribution in [0.2, 0.25) is 0 Å². The van der Waals surface area contributed by atoms with Gasteiger partial charge in [-0.3, -0.25) is 0 Å². The molecule has 0 amide bonds. The molecule has 0 fully saturated rings. The Balaban J connectivity index is 2.45. The van der Waals surface area contributed by atoms with Crippen molar-refractivity contribution in [3.8, 4) is 0 Å². The molecule has 0 aliphatic rings. The second kappa shape index (κ2) is 6.69. The van der Waals surface area contributed by atoms with E-state index < -0.39 is 0 Å². The number of hydrogen-bond acceptors (Lipinski definition) is 1. The average Bonchev–Trinajstić information content (AvgIpc) is 1.69. The summed E-state index contributed by atoms with van der Waals surface area (Å²) in [4.78, 5) is 0. The largest absolute Gasteiger partial charge is 0.330 e. The monoisotopic (exact) mass is 213 g/mol. The van der Waals surface area contributed by atoms with Crippen LogP contribution in [0.3, 0.4) is 0 Å². The van der Waals surface area contributed by atoms with Crippen molar-refractivity contribution >= 4 is 22.6 Å². The van der Waals surface area contributed by atoms with E-state index in [-0.39, 0.29) is 0 Å². The summed E-state index contributed by atoms with van der Waals surface area (Å²) in [6.07, 6.45) is 3.83. The molecule has 0 aromatic heterocycles. The van der Waals surface area contributed by atoms with E-state index in [2.05, 4.69) is 22.6 Å². The second-order valence-corrected chi connectivity index (χ2v) is 2.62. The van der Waals surface area contributed by atoms with Crippen LogP contribution in [0.25, 0.3) is 0 Å². The summed E-state index contributed by atoms with van der Waals surface area (Å²) in [7, 11) is 0. The molecule has 0 radical (unpaired) electrons. The lowest BCUT2D eigenvalue weighted by Crippen LogP contribution is -1.97. The summed E-state index contributed by atoms with van der Waals surface area (Å²) >= 11 is 2.39. The minimum absolute atomic E-state index is 0.858. The zero-order valence-corrected chi connectivity index (χ0v) is 6.65. The maximum absolute atomic E-state index is 5.27. The first kappa shape index (κ1) is 7.69. The highest BCUT2D eigenvalue weighted by Gasteiger charge is 1.81. The maximum Gasteiger partial charge on any atom is -0.000472 e. The molecule has 0 aliphatic carbocycles.